The predicted octanol–water partition coefficient (Wildman–Crippen LogP) is 5.77. The molecule has 4 aromatic rings. The zero-order valence-electron chi connectivity index (χ0n) is 17.7. The topological polar surface area (TPSA) is 42.4 Å². The first-order valence-electron chi connectivity index (χ1n) is 11.0. The Morgan fingerprint density at radius 3 is 2.74 bits per heavy atom. The van der Waals surface area contributed by atoms with E-state index in [1.807, 2.05) is 23.1 Å². The molecule has 0 bridgehead atoms. The van der Waals surface area contributed by atoms with Crippen molar-refractivity contribution in [1.82, 2.24) is 4.98 Å². The number of carbonyl (C=O) groups excluding carboxylic acids is 1. The summed E-state index contributed by atoms with van der Waals surface area (Å²) in [5.74, 6) is 0.0731. The minimum absolute atomic E-state index is 0.0731. The van der Waals surface area contributed by atoms with E-state index in [-0.39, 0.29) is 12.0 Å². The van der Waals surface area contributed by atoms with Crippen LogP contribution in [0.3, 0.4) is 0 Å². The predicted molar refractivity (Wildman–Crippen MR) is 128 cm³/mol. The summed E-state index contributed by atoms with van der Waals surface area (Å²) in [6, 6.07) is 20.7. The molecule has 1 amide bonds. The lowest BCUT2D eigenvalue weighted by molar-refractivity contribution is -0.118. The van der Waals surface area contributed by atoms with Gasteiger partial charge in [0, 0.05) is 6.61 Å². The molecule has 1 unspecified atom stereocenters. The third kappa shape index (κ3) is 4.08. The van der Waals surface area contributed by atoms with Crippen LogP contribution in [0.4, 0.5) is 5.13 Å². The quantitative estimate of drug-likeness (QED) is 0.390. The molecule has 4 nitrogen and oxygen atoms in total. The van der Waals surface area contributed by atoms with E-state index in [1.54, 1.807) is 11.3 Å². The third-order valence-corrected chi connectivity index (χ3v) is 7.08. The van der Waals surface area contributed by atoms with Crippen LogP contribution < -0.4 is 4.90 Å². The molecule has 1 aliphatic rings. The number of amides is 1. The van der Waals surface area contributed by atoms with Crippen LogP contribution in [0.2, 0.25) is 0 Å². The maximum atomic E-state index is 13.6. The van der Waals surface area contributed by atoms with Crippen LogP contribution in [0.15, 0.2) is 60.7 Å². The number of aryl methyl sites for hydroxylation is 1. The van der Waals surface area contributed by atoms with Crippen molar-refractivity contribution >= 4 is 43.4 Å². The monoisotopic (exact) mass is 430 g/mol. The molecule has 1 aliphatic heterocycles. The number of ether oxygens (including phenoxy) is 1. The van der Waals surface area contributed by atoms with Crippen molar-refractivity contribution in [3.63, 3.8) is 0 Å². The number of fused-ring (bicyclic) bond motifs is 2. The highest BCUT2D eigenvalue weighted by atomic mass is 32.1. The Bertz CT molecular complexity index is 1220. The van der Waals surface area contributed by atoms with Crippen LogP contribution in [0.5, 0.6) is 0 Å². The highest BCUT2D eigenvalue weighted by molar-refractivity contribution is 7.22. The van der Waals surface area contributed by atoms with Crippen LogP contribution >= 0.6 is 11.3 Å². The molecule has 0 saturated carbocycles. The molecule has 158 valence electrons. The van der Waals surface area contributed by atoms with Crippen LogP contribution in [-0.4, -0.2) is 30.1 Å². The van der Waals surface area contributed by atoms with E-state index in [9.17, 15) is 4.79 Å². The maximum absolute atomic E-state index is 13.6. The van der Waals surface area contributed by atoms with Gasteiger partial charge in [-0.25, -0.2) is 4.98 Å². The lowest BCUT2D eigenvalue weighted by Gasteiger charge is -2.23. The van der Waals surface area contributed by atoms with E-state index in [1.165, 1.54) is 5.56 Å². The first-order valence-corrected chi connectivity index (χ1v) is 11.8. The van der Waals surface area contributed by atoms with Crippen molar-refractivity contribution in [2.24, 2.45) is 0 Å². The van der Waals surface area contributed by atoms with Gasteiger partial charge in [-0.3, -0.25) is 9.69 Å². The molecule has 1 atom stereocenters. The number of thiazole rings is 1. The fourth-order valence-electron chi connectivity index (χ4n) is 4.38. The molecule has 0 radical (unpaired) electrons. The second-order valence-electron chi connectivity index (χ2n) is 8.07. The van der Waals surface area contributed by atoms with Crippen molar-refractivity contribution < 1.29 is 9.53 Å². The van der Waals surface area contributed by atoms with Gasteiger partial charge in [0.1, 0.15) is 0 Å². The van der Waals surface area contributed by atoms with Crippen LogP contribution in [0, 0.1) is 0 Å². The zero-order valence-corrected chi connectivity index (χ0v) is 18.5. The van der Waals surface area contributed by atoms with Crippen LogP contribution in [0.1, 0.15) is 30.9 Å². The first kappa shape index (κ1) is 20.2. The Hall–Kier alpha value is -2.76. The number of benzene rings is 3. The van der Waals surface area contributed by atoms with Crippen LogP contribution in [0.25, 0.3) is 21.0 Å². The second kappa shape index (κ2) is 8.77. The van der Waals surface area contributed by atoms with E-state index >= 15 is 0 Å². The summed E-state index contributed by atoms with van der Waals surface area (Å²) in [5.41, 5.74) is 3.29. The highest BCUT2D eigenvalue weighted by Gasteiger charge is 2.26. The van der Waals surface area contributed by atoms with Gasteiger partial charge in [-0.15, -0.1) is 0 Å². The number of hydrogen-bond donors (Lipinski definition) is 0. The summed E-state index contributed by atoms with van der Waals surface area (Å²) in [6.45, 7) is 3.48. The van der Waals surface area contributed by atoms with Crippen molar-refractivity contribution in [3.8, 4) is 0 Å². The fraction of sp³-hybridized carbons (Fsp3) is 0.308. The van der Waals surface area contributed by atoms with Gasteiger partial charge < -0.3 is 4.74 Å². The smallest absolute Gasteiger partial charge is 0.233 e. The molecule has 1 aromatic heterocycles. The Morgan fingerprint density at radius 2 is 1.90 bits per heavy atom. The molecule has 3 aromatic carbocycles. The lowest BCUT2D eigenvalue weighted by Crippen LogP contribution is -2.38. The van der Waals surface area contributed by atoms with E-state index in [0.29, 0.717) is 13.0 Å². The molecule has 2 heterocycles. The highest BCUT2D eigenvalue weighted by Crippen LogP contribution is 2.32. The van der Waals surface area contributed by atoms with Crippen molar-refractivity contribution in [3.05, 3.63) is 71.8 Å². The van der Waals surface area contributed by atoms with E-state index in [0.717, 1.165) is 57.6 Å². The molecule has 1 saturated heterocycles. The number of anilines is 1. The third-order valence-electron chi connectivity index (χ3n) is 6.04. The number of hydrogen-bond acceptors (Lipinski definition) is 4. The van der Waals surface area contributed by atoms with Gasteiger partial charge in [-0.2, -0.15) is 0 Å². The summed E-state index contributed by atoms with van der Waals surface area (Å²) >= 11 is 1.60. The number of para-hydroxylation sites is 1. The summed E-state index contributed by atoms with van der Waals surface area (Å²) in [7, 11) is 0. The van der Waals surface area contributed by atoms with E-state index in [4.69, 9.17) is 9.72 Å². The number of rotatable bonds is 6. The Kier molecular flexibility index (Phi) is 5.70. The van der Waals surface area contributed by atoms with Crippen molar-refractivity contribution in [2.75, 3.05) is 18.1 Å². The average Bonchev–Trinajstić information content (AvgIpc) is 3.47. The minimum Gasteiger partial charge on any atom is -0.376 e. The molecule has 0 aliphatic carbocycles. The van der Waals surface area contributed by atoms with E-state index in [2.05, 4.69) is 49.4 Å². The summed E-state index contributed by atoms with van der Waals surface area (Å²) in [6.07, 6.45) is 3.40. The standard InChI is InChI=1S/C26H26N2O2S/c1-2-18-9-6-14-23-25(18)27-26(31-23)28(17-21-12-7-15-30-21)24(29)16-20-11-5-10-19-8-3-4-13-22(19)20/h3-6,8-11,13-14,21H,2,7,12,15-17H2,1H3. The van der Waals surface area contributed by atoms with Gasteiger partial charge in [-0.1, -0.05) is 72.9 Å². The summed E-state index contributed by atoms with van der Waals surface area (Å²) in [5, 5.41) is 3.07. The summed E-state index contributed by atoms with van der Waals surface area (Å²) < 4.78 is 7.01. The van der Waals surface area contributed by atoms with Crippen molar-refractivity contribution in [2.45, 2.75) is 38.7 Å². The van der Waals surface area contributed by atoms with Crippen molar-refractivity contribution in [1.29, 1.82) is 0 Å². The molecular formula is C26H26N2O2S. The normalized spacial score (nSPS) is 16.2. The zero-order chi connectivity index (χ0) is 21.2. The number of nitrogens with zero attached hydrogens (tertiary/aromatic N) is 2. The molecule has 5 heteroatoms. The Balaban J connectivity index is 1.50. The molecule has 31 heavy (non-hydrogen) atoms. The van der Waals surface area contributed by atoms with Gasteiger partial charge >= 0.3 is 0 Å². The number of carbonyl (C=O) groups is 1. The van der Waals surface area contributed by atoms with Gasteiger partial charge in [0.25, 0.3) is 0 Å². The average molecular weight is 431 g/mol. The first-order chi connectivity index (χ1) is 15.2. The van der Waals surface area contributed by atoms with Gasteiger partial charge in [-0.05, 0) is 47.2 Å². The van der Waals surface area contributed by atoms with Crippen LogP contribution in [-0.2, 0) is 22.4 Å². The SMILES string of the molecule is CCc1cccc2sc(N(CC3CCCO3)C(=O)Cc3cccc4ccccc34)nc12. The molecule has 0 N–H and O–H groups in total. The lowest BCUT2D eigenvalue weighted by atomic mass is 10.0. The Labute approximate surface area is 186 Å². The molecule has 5 rings (SSSR count). The van der Waals surface area contributed by atoms with E-state index < -0.39 is 0 Å². The molecule has 0 spiro atoms. The van der Waals surface area contributed by atoms with Gasteiger partial charge in [0.05, 0.1) is 29.3 Å². The largest absolute Gasteiger partial charge is 0.376 e. The van der Waals surface area contributed by atoms with Gasteiger partial charge in [0.15, 0.2) is 5.13 Å². The molecule has 1 fully saturated rings. The minimum atomic E-state index is 0.0731. The number of aromatic nitrogens is 1. The second-order valence-corrected chi connectivity index (χ2v) is 9.08. The molecular weight excluding hydrogens is 404 g/mol. The fourth-order valence-corrected chi connectivity index (χ4v) is 5.42. The van der Waals surface area contributed by atoms with Gasteiger partial charge in [0.2, 0.25) is 5.91 Å². The Morgan fingerprint density at radius 1 is 1.10 bits per heavy atom. The maximum Gasteiger partial charge on any atom is 0.233 e. The summed E-state index contributed by atoms with van der Waals surface area (Å²) in [4.78, 5) is 20.4.